The molecule has 166 valence electrons. The first-order chi connectivity index (χ1) is 14.0. The van der Waals surface area contributed by atoms with Crippen molar-refractivity contribution in [3.8, 4) is 0 Å². The van der Waals surface area contributed by atoms with Crippen molar-refractivity contribution in [3.63, 3.8) is 0 Å². The van der Waals surface area contributed by atoms with E-state index < -0.39 is 50.3 Å². The number of ether oxygens (including phenoxy) is 4. The van der Waals surface area contributed by atoms with Crippen molar-refractivity contribution in [1.82, 2.24) is 0 Å². The van der Waals surface area contributed by atoms with Crippen molar-refractivity contribution in [3.05, 3.63) is 10.4 Å². The zero-order valence-electron chi connectivity index (χ0n) is 17.5. The third kappa shape index (κ3) is 7.51. The van der Waals surface area contributed by atoms with Crippen LogP contribution >= 0.6 is 7.82 Å². The van der Waals surface area contributed by atoms with Gasteiger partial charge >= 0.3 is 0 Å². The van der Waals surface area contributed by atoms with E-state index in [0.717, 1.165) is 0 Å². The van der Waals surface area contributed by atoms with Crippen LogP contribution in [0, 0.1) is 0 Å². The molecule has 0 N–H and O–H groups in total. The van der Waals surface area contributed by atoms with E-state index in [9.17, 15) is 9.46 Å². The Balaban J connectivity index is 2.02. The highest BCUT2D eigenvalue weighted by Gasteiger charge is 2.45. The SMILES string of the molecule is [B][C@@H]1O[C@H](COC(C)C)C(OP(=O)([O-])OC[C@H]2O[C@@H]([B])CC2OC(C)C)[C@@H]1N=[N+]=[N-]. The smallest absolute Gasteiger partial charge is 0.268 e. The first kappa shape index (κ1) is 25.6. The lowest BCUT2D eigenvalue weighted by atomic mass is 9.91. The van der Waals surface area contributed by atoms with Crippen LogP contribution in [0.4, 0.5) is 0 Å². The molecular formula is C16H27B2N3O8P-. The van der Waals surface area contributed by atoms with Crippen LogP contribution in [0.1, 0.15) is 34.1 Å². The highest BCUT2D eigenvalue weighted by molar-refractivity contribution is 7.45. The molecule has 8 atom stereocenters. The summed E-state index contributed by atoms with van der Waals surface area (Å²) in [7, 11) is 6.75. The predicted molar refractivity (Wildman–Crippen MR) is 106 cm³/mol. The molecule has 14 heteroatoms. The topological polar surface area (TPSA) is 144 Å². The number of hydrogen-bond acceptors (Lipinski definition) is 9. The van der Waals surface area contributed by atoms with Crippen LogP contribution in [0.15, 0.2) is 5.11 Å². The third-order valence-electron chi connectivity index (χ3n) is 4.47. The van der Waals surface area contributed by atoms with Gasteiger partial charge in [0, 0.05) is 16.9 Å². The summed E-state index contributed by atoms with van der Waals surface area (Å²) in [5, 5.41) is 3.51. The first-order valence-electron chi connectivity index (χ1n) is 9.79. The molecule has 2 saturated heterocycles. The Morgan fingerprint density at radius 2 is 1.90 bits per heavy atom. The molecule has 0 aromatic carbocycles. The zero-order chi connectivity index (χ0) is 22.5. The van der Waals surface area contributed by atoms with Crippen molar-refractivity contribution in [2.45, 2.75) is 88.8 Å². The number of hydrogen-bond donors (Lipinski definition) is 0. The molecule has 11 nitrogen and oxygen atoms in total. The van der Waals surface area contributed by atoms with E-state index in [0.29, 0.717) is 6.42 Å². The van der Waals surface area contributed by atoms with E-state index in [4.69, 9.17) is 49.2 Å². The second-order valence-corrected chi connectivity index (χ2v) is 9.07. The van der Waals surface area contributed by atoms with Gasteiger partial charge in [-0.25, -0.2) is 0 Å². The molecule has 0 spiro atoms. The summed E-state index contributed by atoms with van der Waals surface area (Å²) in [5.41, 5.74) is 8.78. The van der Waals surface area contributed by atoms with Crippen LogP contribution in [0.25, 0.3) is 10.4 Å². The van der Waals surface area contributed by atoms with Crippen molar-refractivity contribution < 1.29 is 37.5 Å². The molecule has 4 radical (unpaired) electrons. The zero-order valence-corrected chi connectivity index (χ0v) is 18.4. The van der Waals surface area contributed by atoms with Crippen LogP contribution in [-0.4, -0.2) is 83.6 Å². The summed E-state index contributed by atoms with van der Waals surface area (Å²) in [6, 6.07) is -2.70. The molecule has 0 aromatic rings. The lowest BCUT2D eigenvalue weighted by molar-refractivity contribution is -0.234. The van der Waals surface area contributed by atoms with Crippen molar-refractivity contribution in [2.75, 3.05) is 13.2 Å². The molecule has 3 unspecified atom stereocenters. The highest BCUT2D eigenvalue weighted by Crippen LogP contribution is 2.44. The maximum Gasteiger partial charge on any atom is 0.268 e. The molecule has 2 rings (SSSR count). The number of rotatable bonds is 11. The van der Waals surface area contributed by atoms with Crippen molar-refractivity contribution in [2.24, 2.45) is 5.11 Å². The van der Waals surface area contributed by atoms with Crippen LogP contribution in [0.3, 0.4) is 0 Å². The maximum absolute atomic E-state index is 12.5. The molecule has 0 bridgehead atoms. The Labute approximate surface area is 179 Å². The normalized spacial score (nSPS) is 36.2. The largest absolute Gasteiger partial charge is 0.756 e. The Hall–Kier alpha value is -0.610. The quantitative estimate of drug-likeness (QED) is 0.151. The van der Waals surface area contributed by atoms with Gasteiger partial charge in [0.15, 0.2) is 0 Å². The van der Waals surface area contributed by atoms with Gasteiger partial charge in [0.2, 0.25) is 0 Å². The van der Waals surface area contributed by atoms with Gasteiger partial charge in [0.25, 0.3) is 7.82 Å². The van der Waals surface area contributed by atoms with E-state index in [1.54, 1.807) is 13.8 Å². The Morgan fingerprint density at radius 1 is 1.20 bits per heavy atom. The van der Waals surface area contributed by atoms with E-state index >= 15 is 0 Å². The van der Waals surface area contributed by atoms with E-state index in [1.165, 1.54) is 0 Å². The lowest BCUT2D eigenvalue weighted by Crippen LogP contribution is -2.38. The van der Waals surface area contributed by atoms with E-state index in [2.05, 4.69) is 10.0 Å². The third-order valence-corrected chi connectivity index (χ3v) is 5.44. The molecule has 0 saturated carbocycles. The standard InChI is InChI=1S/C16H28B2N3O8P/c1-8(2)24-6-12-15(14(20-21-19)16(18)28-12)29-30(22,23)25-7-11-10(26-9(3)4)5-13(17)27-11/h8-16H,5-7H2,1-4H3,(H,22,23)/p-1/t10?,11-,12-,13-,14+,15?,16-/m1/s1. The van der Waals surface area contributed by atoms with Gasteiger partial charge in [0.05, 0.1) is 37.6 Å². The number of nitrogens with zero attached hydrogens (tertiary/aromatic N) is 3. The minimum absolute atomic E-state index is 0.00161. The Bertz CT molecular complexity index is 654. The number of phosphoric ester groups is 1. The van der Waals surface area contributed by atoms with Gasteiger partial charge in [-0.3, -0.25) is 4.57 Å². The molecule has 0 aliphatic carbocycles. The van der Waals surface area contributed by atoms with E-state index in [-0.39, 0.29) is 25.4 Å². The monoisotopic (exact) mass is 442 g/mol. The summed E-state index contributed by atoms with van der Waals surface area (Å²) in [6.07, 6.45) is -2.97. The van der Waals surface area contributed by atoms with E-state index in [1.807, 2.05) is 13.8 Å². The van der Waals surface area contributed by atoms with Crippen molar-refractivity contribution >= 4 is 23.5 Å². The molecule has 2 aliphatic rings. The van der Waals surface area contributed by atoms with Crippen LogP contribution < -0.4 is 4.89 Å². The van der Waals surface area contributed by atoms with Crippen LogP contribution in [0.5, 0.6) is 0 Å². The Kier molecular flexibility index (Phi) is 9.67. The molecule has 0 aromatic heterocycles. The molecule has 0 amide bonds. The second-order valence-electron chi connectivity index (χ2n) is 7.70. The maximum atomic E-state index is 12.5. The fourth-order valence-electron chi connectivity index (χ4n) is 3.24. The second kappa shape index (κ2) is 11.3. The Morgan fingerprint density at radius 3 is 2.50 bits per heavy atom. The summed E-state index contributed by atoms with van der Waals surface area (Å²) in [6.45, 7) is 6.96. The average Bonchev–Trinajstić information content (AvgIpc) is 3.11. The first-order valence-corrected chi connectivity index (χ1v) is 11.3. The minimum Gasteiger partial charge on any atom is -0.756 e. The van der Waals surface area contributed by atoms with Gasteiger partial charge in [-0.1, -0.05) is 5.11 Å². The molecule has 2 fully saturated rings. The molecule has 30 heavy (non-hydrogen) atoms. The summed E-state index contributed by atoms with van der Waals surface area (Å²) in [5.74, 6) is 0. The fraction of sp³-hybridized carbons (Fsp3) is 1.00. The molecule has 2 aliphatic heterocycles. The predicted octanol–water partition coefficient (Wildman–Crippen LogP) is 0.931. The molecular weight excluding hydrogens is 415 g/mol. The highest BCUT2D eigenvalue weighted by atomic mass is 31.2. The van der Waals surface area contributed by atoms with Crippen LogP contribution in [0.2, 0.25) is 0 Å². The summed E-state index contributed by atoms with van der Waals surface area (Å²) < 4.78 is 44.8. The number of azide groups is 1. The summed E-state index contributed by atoms with van der Waals surface area (Å²) >= 11 is 0. The lowest BCUT2D eigenvalue weighted by Gasteiger charge is -2.31. The van der Waals surface area contributed by atoms with Crippen molar-refractivity contribution in [1.29, 1.82) is 0 Å². The van der Waals surface area contributed by atoms with Gasteiger partial charge in [0.1, 0.15) is 34.0 Å². The average molecular weight is 442 g/mol. The summed E-state index contributed by atoms with van der Waals surface area (Å²) in [4.78, 5) is 15.2. The van der Waals surface area contributed by atoms with Crippen LogP contribution in [-0.2, 0) is 32.6 Å². The van der Waals surface area contributed by atoms with Gasteiger partial charge < -0.3 is 32.9 Å². The van der Waals surface area contributed by atoms with Gasteiger partial charge in [-0.05, 0) is 39.6 Å². The minimum atomic E-state index is -4.85. The van der Waals surface area contributed by atoms with Gasteiger partial charge in [-0.2, -0.15) is 0 Å². The number of phosphoric acid groups is 1. The molecule has 2 heterocycles. The van der Waals surface area contributed by atoms with Gasteiger partial charge in [-0.15, -0.1) is 0 Å². The fourth-order valence-corrected chi connectivity index (χ4v) is 4.19.